The molecule has 1 N–H and O–H groups in total. The van der Waals surface area contributed by atoms with Crippen LogP contribution in [-0.4, -0.2) is 35.6 Å². The summed E-state index contributed by atoms with van der Waals surface area (Å²) in [6.07, 6.45) is 0.322. The van der Waals surface area contributed by atoms with Crippen LogP contribution < -0.4 is 0 Å². The molecule has 0 spiro atoms. The molecule has 20 heavy (non-hydrogen) atoms. The quantitative estimate of drug-likeness (QED) is 0.648. The van der Waals surface area contributed by atoms with Gasteiger partial charge >= 0.3 is 0 Å². The third kappa shape index (κ3) is 4.14. The first-order valence-corrected chi connectivity index (χ1v) is 5.96. The zero-order valence-corrected chi connectivity index (χ0v) is 10.8. The Morgan fingerprint density at radius 2 is 1.85 bits per heavy atom. The zero-order chi connectivity index (χ0) is 14.8. The van der Waals surface area contributed by atoms with Crippen molar-refractivity contribution in [3.05, 3.63) is 35.4 Å². The van der Waals surface area contributed by atoms with Crippen LogP contribution in [0.2, 0.25) is 0 Å². The van der Waals surface area contributed by atoms with Gasteiger partial charge in [-0.05, 0) is 12.1 Å². The minimum Gasteiger partial charge on any atom is -0.395 e. The van der Waals surface area contributed by atoms with Crippen LogP contribution in [0.25, 0.3) is 0 Å². The van der Waals surface area contributed by atoms with E-state index >= 15 is 0 Å². The number of rotatable bonds is 4. The van der Waals surface area contributed by atoms with E-state index in [0.717, 1.165) is 4.90 Å². The van der Waals surface area contributed by atoms with Crippen LogP contribution in [0.5, 0.6) is 0 Å². The van der Waals surface area contributed by atoms with Gasteiger partial charge in [-0.15, -0.1) is 0 Å². The van der Waals surface area contributed by atoms with E-state index in [-0.39, 0.29) is 19.7 Å². The highest BCUT2D eigenvalue weighted by Gasteiger charge is 2.17. The van der Waals surface area contributed by atoms with E-state index in [4.69, 9.17) is 15.6 Å². The molecule has 0 saturated heterocycles. The average Bonchev–Trinajstić information content (AvgIpc) is 2.47. The molecule has 0 fully saturated rings. The van der Waals surface area contributed by atoms with Crippen LogP contribution >= 0.6 is 0 Å². The SMILES string of the molecule is N#CCN(CC#N)C(=O)c1ccccc1C#CCCO. The number of aliphatic hydroxyl groups excluding tert-OH is 1. The molecule has 1 rings (SSSR count). The summed E-state index contributed by atoms with van der Waals surface area (Å²) in [6, 6.07) is 10.5. The molecule has 0 aromatic heterocycles. The van der Waals surface area contributed by atoms with Crippen LogP contribution in [-0.2, 0) is 0 Å². The van der Waals surface area contributed by atoms with Gasteiger partial charge < -0.3 is 10.0 Å². The van der Waals surface area contributed by atoms with Gasteiger partial charge in [0.15, 0.2) is 0 Å². The van der Waals surface area contributed by atoms with Crippen LogP contribution in [0.4, 0.5) is 0 Å². The first-order chi connectivity index (χ1) is 9.74. The highest BCUT2D eigenvalue weighted by molar-refractivity contribution is 5.97. The van der Waals surface area contributed by atoms with Crippen LogP contribution in [0.15, 0.2) is 24.3 Å². The minimum atomic E-state index is -0.401. The van der Waals surface area contributed by atoms with Crippen LogP contribution in [0.3, 0.4) is 0 Å². The van der Waals surface area contributed by atoms with Crippen molar-refractivity contribution in [1.29, 1.82) is 10.5 Å². The summed E-state index contributed by atoms with van der Waals surface area (Å²) >= 11 is 0. The van der Waals surface area contributed by atoms with Gasteiger partial charge in [-0.25, -0.2) is 0 Å². The monoisotopic (exact) mass is 267 g/mol. The first kappa shape index (κ1) is 15.2. The molecule has 1 aromatic carbocycles. The number of hydrogen-bond donors (Lipinski definition) is 1. The summed E-state index contributed by atoms with van der Waals surface area (Å²) in [5, 5.41) is 26.1. The van der Waals surface area contributed by atoms with Crippen molar-refractivity contribution in [3.63, 3.8) is 0 Å². The van der Waals surface area contributed by atoms with Crippen molar-refractivity contribution in [3.8, 4) is 24.0 Å². The highest BCUT2D eigenvalue weighted by atomic mass is 16.2. The Bertz CT molecular complexity index is 598. The van der Waals surface area contributed by atoms with Crippen molar-refractivity contribution in [2.75, 3.05) is 19.7 Å². The van der Waals surface area contributed by atoms with E-state index in [0.29, 0.717) is 17.5 Å². The summed E-state index contributed by atoms with van der Waals surface area (Å²) < 4.78 is 0. The Kier molecular flexibility index (Phi) is 6.34. The summed E-state index contributed by atoms with van der Waals surface area (Å²) in [5.74, 6) is 5.16. The largest absolute Gasteiger partial charge is 0.395 e. The second-order valence-corrected chi connectivity index (χ2v) is 3.80. The Morgan fingerprint density at radius 1 is 1.20 bits per heavy atom. The lowest BCUT2D eigenvalue weighted by molar-refractivity contribution is 0.0794. The lowest BCUT2D eigenvalue weighted by Gasteiger charge is -2.16. The standard InChI is InChI=1S/C15H13N3O2/c16-8-10-18(11-9-17)15(20)14-7-2-1-5-13(14)6-3-4-12-19/h1-2,5,7,19H,4,10-12H2. The van der Waals surface area contributed by atoms with E-state index in [2.05, 4.69) is 11.8 Å². The molecule has 100 valence electrons. The lowest BCUT2D eigenvalue weighted by atomic mass is 10.1. The third-order valence-electron chi connectivity index (χ3n) is 2.43. The molecule has 0 atom stereocenters. The summed E-state index contributed by atoms with van der Waals surface area (Å²) in [6.45, 7) is -0.340. The molecule has 0 unspecified atom stereocenters. The second kappa shape index (κ2) is 8.32. The van der Waals surface area contributed by atoms with Crippen LogP contribution in [0.1, 0.15) is 22.3 Å². The molecular weight excluding hydrogens is 254 g/mol. The van der Waals surface area contributed by atoms with E-state index < -0.39 is 5.91 Å². The lowest BCUT2D eigenvalue weighted by Crippen LogP contribution is -2.32. The Morgan fingerprint density at radius 3 is 2.45 bits per heavy atom. The van der Waals surface area contributed by atoms with Gasteiger partial charge in [0, 0.05) is 12.0 Å². The summed E-state index contributed by atoms with van der Waals surface area (Å²) in [5.41, 5.74) is 0.871. The number of benzene rings is 1. The van der Waals surface area contributed by atoms with E-state index in [9.17, 15) is 4.79 Å². The van der Waals surface area contributed by atoms with Gasteiger partial charge in [-0.2, -0.15) is 10.5 Å². The maximum absolute atomic E-state index is 12.3. The van der Waals surface area contributed by atoms with E-state index in [1.54, 1.807) is 24.3 Å². The normalized spacial score (nSPS) is 8.75. The molecule has 5 nitrogen and oxygen atoms in total. The molecule has 0 heterocycles. The smallest absolute Gasteiger partial charge is 0.256 e. The number of carbonyl (C=O) groups excluding carboxylic acids is 1. The number of nitriles is 2. The molecule has 0 aliphatic heterocycles. The first-order valence-electron chi connectivity index (χ1n) is 5.96. The molecule has 1 aromatic rings. The zero-order valence-electron chi connectivity index (χ0n) is 10.8. The van der Waals surface area contributed by atoms with E-state index in [1.807, 2.05) is 12.1 Å². The average molecular weight is 267 g/mol. The molecule has 0 bridgehead atoms. The maximum atomic E-state index is 12.3. The molecular formula is C15H13N3O2. The van der Waals surface area contributed by atoms with Gasteiger partial charge in [-0.1, -0.05) is 24.0 Å². The Hall–Kier alpha value is -2.81. The minimum absolute atomic E-state index is 0.0435. The Labute approximate surface area is 117 Å². The second-order valence-electron chi connectivity index (χ2n) is 3.80. The van der Waals surface area contributed by atoms with Crippen LogP contribution in [0, 0.1) is 34.5 Å². The van der Waals surface area contributed by atoms with Gasteiger partial charge in [0.25, 0.3) is 5.91 Å². The molecule has 1 amide bonds. The predicted octanol–water partition coefficient (Wildman–Crippen LogP) is 0.910. The summed E-state index contributed by atoms with van der Waals surface area (Å²) in [7, 11) is 0. The van der Waals surface area contributed by atoms with Crippen molar-refractivity contribution in [2.45, 2.75) is 6.42 Å². The maximum Gasteiger partial charge on any atom is 0.256 e. The summed E-state index contributed by atoms with van der Waals surface area (Å²) in [4.78, 5) is 13.4. The number of hydrogen-bond acceptors (Lipinski definition) is 4. The number of carbonyl (C=O) groups is 1. The fraction of sp³-hybridized carbons (Fsp3) is 0.267. The number of aliphatic hydroxyl groups is 1. The molecule has 0 aliphatic carbocycles. The fourth-order valence-electron chi connectivity index (χ4n) is 1.53. The fourth-order valence-corrected chi connectivity index (χ4v) is 1.53. The molecule has 0 saturated carbocycles. The van der Waals surface area contributed by atoms with Gasteiger partial charge in [0.2, 0.25) is 0 Å². The molecule has 0 aliphatic rings. The molecule has 5 heteroatoms. The van der Waals surface area contributed by atoms with Crippen molar-refractivity contribution in [2.24, 2.45) is 0 Å². The predicted molar refractivity (Wildman–Crippen MR) is 72.2 cm³/mol. The van der Waals surface area contributed by atoms with Crippen molar-refractivity contribution < 1.29 is 9.90 Å². The van der Waals surface area contributed by atoms with Crippen molar-refractivity contribution >= 4 is 5.91 Å². The van der Waals surface area contributed by atoms with Gasteiger partial charge in [0.05, 0.1) is 24.3 Å². The molecule has 0 radical (unpaired) electrons. The van der Waals surface area contributed by atoms with Crippen molar-refractivity contribution in [1.82, 2.24) is 4.90 Å². The van der Waals surface area contributed by atoms with Gasteiger partial charge in [0.1, 0.15) is 13.1 Å². The van der Waals surface area contributed by atoms with E-state index in [1.165, 1.54) is 0 Å². The van der Waals surface area contributed by atoms with Gasteiger partial charge in [-0.3, -0.25) is 4.79 Å². The topological polar surface area (TPSA) is 88.1 Å². The Balaban J connectivity index is 3.07. The third-order valence-corrected chi connectivity index (χ3v) is 2.43. The number of amides is 1. The number of nitrogens with zero attached hydrogens (tertiary/aromatic N) is 3. The highest BCUT2D eigenvalue weighted by Crippen LogP contribution is 2.11.